The molecule has 28 heavy (non-hydrogen) atoms. The van der Waals surface area contributed by atoms with Crippen LogP contribution in [0.1, 0.15) is 18.2 Å². The van der Waals surface area contributed by atoms with Crippen molar-refractivity contribution in [3.8, 4) is 0 Å². The second kappa shape index (κ2) is 11.8. The fraction of sp³-hybridized carbons (Fsp3) is 0.450. The summed E-state index contributed by atoms with van der Waals surface area (Å²) in [5.41, 5.74) is 2.19. The van der Waals surface area contributed by atoms with Gasteiger partial charge in [-0.3, -0.25) is 9.98 Å². The Bertz CT molecular complexity index is 725. The summed E-state index contributed by atoms with van der Waals surface area (Å²) >= 11 is 0. The molecule has 3 heterocycles. The number of aromatic nitrogens is 2. The van der Waals surface area contributed by atoms with Crippen LogP contribution in [-0.4, -0.2) is 55.3 Å². The number of hydrogen-bond donors (Lipinski definition) is 2. The molecule has 2 aromatic rings. The molecule has 0 bridgehead atoms. The Morgan fingerprint density at radius 3 is 2.82 bits per heavy atom. The number of morpholine rings is 1. The molecule has 0 aromatic carbocycles. The summed E-state index contributed by atoms with van der Waals surface area (Å²) in [6.07, 6.45) is 4.85. The van der Waals surface area contributed by atoms with Gasteiger partial charge in [-0.25, -0.2) is 4.98 Å². The summed E-state index contributed by atoms with van der Waals surface area (Å²) in [7, 11) is 1.77. The van der Waals surface area contributed by atoms with E-state index in [-0.39, 0.29) is 30.1 Å². The van der Waals surface area contributed by atoms with Gasteiger partial charge in [-0.05, 0) is 30.7 Å². The van der Waals surface area contributed by atoms with Crippen LogP contribution in [0.3, 0.4) is 0 Å². The molecule has 7 nitrogen and oxygen atoms in total. The van der Waals surface area contributed by atoms with Gasteiger partial charge in [0.25, 0.3) is 0 Å². The van der Waals surface area contributed by atoms with Crippen molar-refractivity contribution >= 4 is 35.8 Å². The Balaban J connectivity index is 0.00000280. The molecule has 1 aliphatic heterocycles. The van der Waals surface area contributed by atoms with E-state index < -0.39 is 0 Å². The number of ether oxygens (including phenoxy) is 1. The average molecular weight is 496 g/mol. The van der Waals surface area contributed by atoms with E-state index in [2.05, 4.69) is 49.6 Å². The number of nitrogens with one attached hydrogen (secondary N) is 2. The van der Waals surface area contributed by atoms with Gasteiger partial charge in [0.05, 0.1) is 12.7 Å². The number of rotatable bonds is 6. The molecule has 8 heteroatoms. The Hall–Kier alpha value is -1.94. The van der Waals surface area contributed by atoms with E-state index in [1.165, 1.54) is 0 Å². The first-order valence-electron chi connectivity index (χ1n) is 9.40. The first-order chi connectivity index (χ1) is 13.2. The summed E-state index contributed by atoms with van der Waals surface area (Å²) in [6, 6.07) is 10.1. The fourth-order valence-corrected chi connectivity index (χ4v) is 3.00. The molecule has 3 rings (SSSR count). The minimum atomic E-state index is 0. The maximum Gasteiger partial charge on any atom is 0.191 e. The molecule has 0 spiro atoms. The Morgan fingerprint density at radius 1 is 1.25 bits per heavy atom. The lowest BCUT2D eigenvalue weighted by molar-refractivity contribution is 0.0529. The molecule has 0 amide bonds. The molecule has 152 valence electrons. The number of aliphatic imine (C=N–C) groups is 1. The van der Waals surface area contributed by atoms with Crippen LogP contribution < -0.4 is 15.5 Å². The van der Waals surface area contributed by atoms with Crippen LogP contribution in [-0.2, 0) is 17.7 Å². The normalized spacial score (nSPS) is 17.0. The first kappa shape index (κ1) is 22.4. The van der Waals surface area contributed by atoms with Gasteiger partial charge in [0.2, 0.25) is 0 Å². The summed E-state index contributed by atoms with van der Waals surface area (Å²) in [4.78, 5) is 15.5. The van der Waals surface area contributed by atoms with Crippen LogP contribution in [0, 0.1) is 0 Å². The van der Waals surface area contributed by atoms with Crippen molar-refractivity contribution in [2.24, 2.45) is 4.99 Å². The van der Waals surface area contributed by atoms with E-state index in [1.807, 2.05) is 30.6 Å². The lowest BCUT2D eigenvalue weighted by Crippen LogP contribution is -2.41. The van der Waals surface area contributed by atoms with Crippen LogP contribution >= 0.6 is 24.0 Å². The lowest BCUT2D eigenvalue weighted by atomic mass is 10.2. The molecule has 1 aliphatic rings. The van der Waals surface area contributed by atoms with Gasteiger partial charge in [-0.15, -0.1) is 24.0 Å². The van der Waals surface area contributed by atoms with Crippen LogP contribution in [0.25, 0.3) is 0 Å². The first-order valence-corrected chi connectivity index (χ1v) is 9.40. The second-order valence-corrected chi connectivity index (χ2v) is 6.58. The molecule has 1 atom stereocenters. The zero-order valence-corrected chi connectivity index (χ0v) is 18.8. The van der Waals surface area contributed by atoms with Crippen molar-refractivity contribution < 1.29 is 4.74 Å². The topological polar surface area (TPSA) is 74.7 Å². The molecule has 1 saturated heterocycles. The highest BCUT2D eigenvalue weighted by molar-refractivity contribution is 14.0. The third kappa shape index (κ3) is 6.90. The van der Waals surface area contributed by atoms with Crippen molar-refractivity contribution in [2.75, 3.05) is 38.2 Å². The number of guanidine groups is 1. The minimum Gasteiger partial charge on any atom is -0.375 e. The maximum absolute atomic E-state index is 5.59. The number of pyridine rings is 2. The number of halogens is 1. The molecule has 0 aliphatic carbocycles. The van der Waals surface area contributed by atoms with E-state index >= 15 is 0 Å². The lowest BCUT2D eigenvalue weighted by Gasteiger charge is -2.32. The second-order valence-electron chi connectivity index (χ2n) is 6.58. The molecule has 2 aromatic heterocycles. The van der Waals surface area contributed by atoms with Crippen molar-refractivity contribution in [1.29, 1.82) is 0 Å². The van der Waals surface area contributed by atoms with Crippen LogP contribution in [0.15, 0.2) is 47.7 Å². The zero-order chi connectivity index (χ0) is 18.9. The predicted octanol–water partition coefficient (Wildman–Crippen LogP) is 2.23. The van der Waals surface area contributed by atoms with Crippen LogP contribution in [0.5, 0.6) is 0 Å². The monoisotopic (exact) mass is 496 g/mol. The highest BCUT2D eigenvalue weighted by Gasteiger charge is 2.17. The molecule has 2 N–H and O–H groups in total. The summed E-state index contributed by atoms with van der Waals surface area (Å²) in [5.74, 6) is 1.78. The van der Waals surface area contributed by atoms with E-state index in [0.717, 1.165) is 55.7 Å². The van der Waals surface area contributed by atoms with Crippen LogP contribution in [0.4, 0.5) is 5.82 Å². The third-order valence-corrected chi connectivity index (χ3v) is 4.46. The van der Waals surface area contributed by atoms with E-state index in [9.17, 15) is 0 Å². The zero-order valence-electron chi connectivity index (χ0n) is 16.5. The molecule has 1 fully saturated rings. The summed E-state index contributed by atoms with van der Waals surface area (Å²) in [6.45, 7) is 6.09. The standard InChI is InChI=1S/C20H28N6O.HI/c1-16-15-26(11-12-27-16)19-7-6-17(13-24-19)14-25-20(21-2)23-10-8-18-5-3-4-9-22-18;/h3-7,9,13,16H,8,10-12,14-15H2,1-2H3,(H2,21,23,25);1H. The number of nitrogens with zero attached hydrogens (tertiary/aromatic N) is 4. The highest BCUT2D eigenvalue weighted by atomic mass is 127. The van der Waals surface area contributed by atoms with Crippen molar-refractivity contribution in [3.63, 3.8) is 0 Å². The average Bonchev–Trinajstić information content (AvgIpc) is 2.72. The highest BCUT2D eigenvalue weighted by Crippen LogP contribution is 2.15. The van der Waals surface area contributed by atoms with Gasteiger partial charge in [0, 0.05) is 57.7 Å². The van der Waals surface area contributed by atoms with Gasteiger partial charge in [0.1, 0.15) is 5.82 Å². The van der Waals surface area contributed by atoms with Gasteiger partial charge in [-0.2, -0.15) is 0 Å². The van der Waals surface area contributed by atoms with Gasteiger partial charge < -0.3 is 20.3 Å². The largest absolute Gasteiger partial charge is 0.375 e. The summed E-state index contributed by atoms with van der Waals surface area (Å²) in [5, 5.41) is 6.64. The van der Waals surface area contributed by atoms with Gasteiger partial charge >= 0.3 is 0 Å². The van der Waals surface area contributed by atoms with Gasteiger partial charge in [-0.1, -0.05) is 12.1 Å². The molecule has 1 unspecified atom stereocenters. The SMILES string of the molecule is CN=C(NCCc1ccccn1)NCc1ccc(N2CCOC(C)C2)nc1.I. The summed E-state index contributed by atoms with van der Waals surface area (Å²) < 4.78 is 5.59. The van der Waals surface area contributed by atoms with Crippen LogP contribution in [0.2, 0.25) is 0 Å². The van der Waals surface area contributed by atoms with E-state index in [1.54, 1.807) is 7.05 Å². The molecule has 0 saturated carbocycles. The quantitative estimate of drug-likeness (QED) is 0.363. The third-order valence-electron chi connectivity index (χ3n) is 4.46. The van der Waals surface area contributed by atoms with Crippen molar-refractivity contribution in [3.05, 3.63) is 54.0 Å². The molecular formula is C20H29IN6O. The Kier molecular flexibility index (Phi) is 9.42. The van der Waals surface area contributed by atoms with E-state index in [0.29, 0.717) is 6.54 Å². The molecule has 0 radical (unpaired) electrons. The number of hydrogen-bond acceptors (Lipinski definition) is 5. The minimum absolute atomic E-state index is 0. The van der Waals surface area contributed by atoms with Gasteiger partial charge in [0.15, 0.2) is 5.96 Å². The van der Waals surface area contributed by atoms with E-state index in [4.69, 9.17) is 4.74 Å². The van der Waals surface area contributed by atoms with Crippen molar-refractivity contribution in [1.82, 2.24) is 20.6 Å². The predicted molar refractivity (Wildman–Crippen MR) is 123 cm³/mol. The number of anilines is 1. The Morgan fingerprint density at radius 2 is 2.14 bits per heavy atom. The maximum atomic E-state index is 5.59. The smallest absolute Gasteiger partial charge is 0.191 e. The van der Waals surface area contributed by atoms with Crippen molar-refractivity contribution in [2.45, 2.75) is 26.0 Å². The molecular weight excluding hydrogens is 467 g/mol. The fourth-order valence-electron chi connectivity index (χ4n) is 3.00. The Labute approximate surface area is 184 Å².